The van der Waals surface area contributed by atoms with Gasteiger partial charge in [0.1, 0.15) is 0 Å². The average molecular weight is 713 g/mol. The lowest BCUT2D eigenvalue weighted by atomic mass is 10.2. The number of halogens is 9. The second-order valence-electron chi connectivity index (χ2n) is 6.39. The van der Waals surface area contributed by atoms with Gasteiger partial charge in [-0.25, -0.2) is 0 Å². The second-order valence-corrected chi connectivity index (χ2v) is 29.8. The molecule has 12 heteroatoms. The molecule has 0 radical (unpaired) electrons. The molecule has 0 atom stereocenters. The molecule has 0 N–H and O–H groups in total. The van der Waals surface area contributed by atoms with Crippen LogP contribution < -0.4 is 0 Å². The van der Waals surface area contributed by atoms with Gasteiger partial charge in [0.05, 0.1) is 0 Å². The normalized spacial score (nSPS) is 10.6. The van der Waals surface area contributed by atoms with Crippen LogP contribution in [0.3, 0.4) is 0 Å². The van der Waals surface area contributed by atoms with Crippen LogP contribution in [-0.2, 0) is 0 Å². The van der Waals surface area contributed by atoms with Gasteiger partial charge >= 0.3 is 18.7 Å². The summed E-state index contributed by atoms with van der Waals surface area (Å²) in [4.78, 5) is 0. The number of rotatable bonds is 4. The molecule has 3 rings (SSSR count). The summed E-state index contributed by atoms with van der Waals surface area (Å²) in [7, 11) is 0. The monoisotopic (exact) mass is 708 g/mol. The molecule has 0 fully saturated rings. The zero-order valence-electron chi connectivity index (χ0n) is 18.6. The summed E-state index contributed by atoms with van der Waals surface area (Å²) in [6.45, 7) is 2.04. The Kier molecular flexibility index (Phi) is 19.9. The smallest absolute Gasteiger partial charge is 0.130 e. The summed E-state index contributed by atoms with van der Waals surface area (Å²) < 4.78 is 0. The topological polar surface area (TPSA) is 0 Å². The Balaban J connectivity index is 0.000000483. The van der Waals surface area contributed by atoms with E-state index in [2.05, 4.69) is 12.5 Å². The molecule has 0 aliphatic carbocycles. The lowest BCUT2D eigenvalue weighted by Crippen LogP contribution is -2.11. The highest BCUT2D eigenvalue weighted by Gasteiger charge is 2.29. The van der Waals surface area contributed by atoms with Crippen LogP contribution in [0.1, 0.15) is 16.7 Å². The third-order valence-corrected chi connectivity index (χ3v) is 8.37. The van der Waals surface area contributed by atoms with Crippen molar-refractivity contribution in [2.45, 2.75) is 0 Å². The van der Waals surface area contributed by atoms with Gasteiger partial charge in [0.2, 0.25) is 0 Å². The molecule has 36 heavy (non-hydrogen) atoms. The minimum Gasteiger partial charge on any atom is -0.130 e. The van der Waals surface area contributed by atoms with Crippen LogP contribution in [0.4, 0.5) is 0 Å². The predicted molar refractivity (Wildman–Crippen MR) is 177 cm³/mol. The molecule has 0 heterocycles. The fraction of sp³-hybridized carbons (Fsp3) is 0. The van der Waals surface area contributed by atoms with Crippen LogP contribution in [0.25, 0.3) is 11.3 Å². The van der Waals surface area contributed by atoms with Crippen molar-refractivity contribution in [2.75, 3.05) is 0 Å². The number of terminal acetylenes is 1. The largest absolute Gasteiger partial charge is 0.372 e. The van der Waals surface area contributed by atoms with Gasteiger partial charge in [0.15, 0.2) is 0 Å². The number of hydrogen-bond acceptors (Lipinski definition) is 0. The van der Waals surface area contributed by atoms with Crippen molar-refractivity contribution in [1.29, 1.82) is 0 Å². The molecular weight excluding hydrogens is 692 g/mol. The van der Waals surface area contributed by atoms with Gasteiger partial charge in [-0.05, 0) is 28.5 Å². The van der Waals surface area contributed by atoms with E-state index in [0.717, 1.165) is 16.7 Å². The summed E-state index contributed by atoms with van der Waals surface area (Å²) in [6.07, 6.45) is 6.93. The standard InChI is InChI=1S/2C8H7Cl3Si.C8H6.Cl3HSi/c1-7(12(9,10)11)8-5-3-2-4-6-8;9-12(10,11)7-6-8-4-2-1-3-5-8;1-2-8-6-4-3-5-7-8;1-4(2)3/h2-6H,1H2;1-7H;1,3-7H;4H. The summed E-state index contributed by atoms with van der Waals surface area (Å²) in [5.41, 5.74) is 4.56. The minimum absolute atomic E-state index is 0.633. The van der Waals surface area contributed by atoms with Gasteiger partial charge < -0.3 is 0 Å². The highest BCUT2D eigenvalue weighted by Crippen LogP contribution is 2.34. The van der Waals surface area contributed by atoms with Gasteiger partial charge in [-0.1, -0.05) is 103 Å². The Hall–Kier alpha value is -0.0394. The van der Waals surface area contributed by atoms with E-state index in [1.807, 2.05) is 97.1 Å². The Bertz CT molecular complexity index is 1060. The van der Waals surface area contributed by atoms with Crippen molar-refractivity contribution >= 4 is 130 Å². The van der Waals surface area contributed by atoms with Gasteiger partial charge in [0.25, 0.3) is 0 Å². The summed E-state index contributed by atoms with van der Waals surface area (Å²) in [6, 6.07) is 23.4. The third kappa shape index (κ3) is 21.0. The fourth-order valence-electron chi connectivity index (χ4n) is 2.09. The van der Waals surface area contributed by atoms with E-state index in [1.165, 1.54) is 0 Å². The predicted octanol–water partition coefficient (Wildman–Crippen LogP) is 10.9. The molecular formula is C24H21Cl9Si3. The number of hydrogen-bond donors (Lipinski definition) is 0. The third-order valence-electron chi connectivity index (χ3n) is 3.67. The van der Waals surface area contributed by atoms with E-state index in [1.54, 1.807) is 5.70 Å². The SMILES string of the molecule is C#Cc1ccccc1.C=C(c1ccccc1)[Si](Cl)(Cl)Cl.Cl[SiH](Cl)Cl.Cl[Si](Cl)(Cl)C=Cc1ccccc1. The average Bonchev–Trinajstić information content (AvgIpc) is 2.83. The Morgan fingerprint density at radius 3 is 1.44 bits per heavy atom. The van der Waals surface area contributed by atoms with Crippen LogP contribution in [0.15, 0.2) is 103 Å². The first-order valence-corrected chi connectivity index (χ1v) is 25.2. The fourth-order valence-corrected chi connectivity index (χ4v) is 4.52. The van der Waals surface area contributed by atoms with Gasteiger partial charge in [0, 0.05) is 5.56 Å². The Morgan fingerprint density at radius 1 is 0.722 bits per heavy atom. The Morgan fingerprint density at radius 2 is 1.11 bits per heavy atom. The van der Waals surface area contributed by atoms with E-state index in [-0.39, 0.29) is 0 Å². The van der Waals surface area contributed by atoms with E-state index in [0.29, 0.717) is 5.20 Å². The van der Waals surface area contributed by atoms with Crippen LogP contribution in [0, 0.1) is 12.3 Å². The molecule has 0 amide bonds. The molecule has 0 saturated carbocycles. The maximum atomic E-state index is 5.79. The van der Waals surface area contributed by atoms with Crippen molar-refractivity contribution in [3.05, 3.63) is 120 Å². The second kappa shape index (κ2) is 19.9. The van der Waals surface area contributed by atoms with E-state index in [9.17, 15) is 0 Å². The van der Waals surface area contributed by atoms with Crippen molar-refractivity contribution < 1.29 is 0 Å². The van der Waals surface area contributed by atoms with E-state index < -0.39 is 18.7 Å². The van der Waals surface area contributed by atoms with Crippen LogP contribution in [0.2, 0.25) is 0 Å². The van der Waals surface area contributed by atoms with Crippen molar-refractivity contribution in [2.24, 2.45) is 0 Å². The van der Waals surface area contributed by atoms with Crippen LogP contribution in [0.5, 0.6) is 0 Å². The molecule has 0 unspecified atom stereocenters. The van der Waals surface area contributed by atoms with Crippen molar-refractivity contribution in [1.82, 2.24) is 0 Å². The number of benzene rings is 3. The molecule has 0 bridgehead atoms. The summed E-state index contributed by atoms with van der Waals surface area (Å²) in [5, 5.41) is 0.633. The Labute approximate surface area is 259 Å². The van der Waals surface area contributed by atoms with Crippen LogP contribution in [-0.4, -0.2) is 18.7 Å². The molecule has 0 aliphatic heterocycles. The lowest BCUT2D eigenvalue weighted by molar-refractivity contribution is 1.65. The van der Waals surface area contributed by atoms with Gasteiger partial charge in [-0.2, -0.15) is 0 Å². The molecule has 0 saturated heterocycles. The maximum absolute atomic E-state index is 5.79. The molecule has 192 valence electrons. The summed E-state index contributed by atoms with van der Waals surface area (Å²) in [5.74, 6) is 2.53. The first kappa shape index (κ1) is 36.0. The van der Waals surface area contributed by atoms with E-state index in [4.69, 9.17) is 106 Å². The van der Waals surface area contributed by atoms with Crippen LogP contribution >= 0.6 is 99.7 Å². The molecule has 0 aromatic heterocycles. The summed E-state index contributed by atoms with van der Waals surface area (Å²) >= 11 is 49.2. The molecule has 3 aromatic rings. The van der Waals surface area contributed by atoms with Gasteiger partial charge in [-0.15, -0.1) is 106 Å². The maximum Gasteiger partial charge on any atom is 0.372 e. The van der Waals surface area contributed by atoms with Gasteiger partial charge in [-0.3, -0.25) is 0 Å². The first-order valence-electron chi connectivity index (χ1n) is 9.82. The molecule has 3 aromatic carbocycles. The zero-order chi connectivity index (χ0) is 27.6. The van der Waals surface area contributed by atoms with Crippen molar-refractivity contribution in [3.63, 3.8) is 0 Å². The molecule has 0 spiro atoms. The lowest BCUT2D eigenvalue weighted by Gasteiger charge is -2.10. The molecule has 0 aliphatic rings. The highest BCUT2D eigenvalue weighted by atomic mass is 35.9. The quantitative estimate of drug-likeness (QED) is 0.144. The molecule has 0 nitrogen and oxygen atoms in total. The van der Waals surface area contributed by atoms with E-state index >= 15 is 0 Å². The zero-order valence-corrected chi connectivity index (χ0v) is 28.5. The highest BCUT2D eigenvalue weighted by molar-refractivity contribution is 7.71. The first-order chi connectivity index (χ1) is 16.8. The van der Waals surface area contributed by atoms with Crippen molar-refractivity contribution in [3.8, 4) is 12.3 Å². The minimum atomic E-state index is -2.78.